The molecule has 5 rings (SSSR count). The van der Waals surface area contributed by atoms with Crippen LogP contribution in [-0.2, 0) is 34.0 Å². The number of hydrogen-bond donors (Lipinski definition) is 0. The van der Waals surface area contributed by atoms with Crippen LogP contribution in [0.25, 0.3) is 0 Å². The second kappa shape index (κ2) is 7.40. The fourth-order valence-corrected chi connectivity index (χ4v) is 6.37. The minimum Gasteiger partial charge on any atom is -0.460 e. The van der Waals surface area contributed by atoms with E-state index < -0.39 is 40.9 Å². The molecule has 9 heteroatoms. The van der Waals surface area contributed by atoms with Crippen LogP contribution in [0.4, 0.5) is 0 Å². The molecule has 0 bridgehead atoms. The van der Waals surface area contributed by atoms with Gasteiger partial charge in [-0.05, 0) is 25.0 Å². The summed E-state index contributed by atoms with van der Waals surface area (Å²) >= 11 is 0. The van der Waals surface area contributed by atoms with Crippen LogP contribution < -0.4 is 0 Å². The molecular weight excluding hydrogens is 444 g/mol. The summed E-state index contributed by atoms with van der Waals surface area (Å²) in [4.78, 5) is 50.6. The van der Waals surface area contributed by atoms with Gasteiger partial charge in [-0.25, -0.2) is 4.79 Å². The summed E-state index contributed by atoms with van der Waals surface area (Å²) in [6.45, 7) is 6.48. The number of carbonyl (C=O) groups is 4. The van der Waals surface area contributed by atoms with Gasteiger partial charge in [-0.1, -0.05) is 6.92 Å². The van der Waals surface area contributed by atoms with Gasteiger partial charge in [0.15, 0.2) is 5.76 Å². The Balaban J connectivity index is 1.77. The van der Waals surface area contributed by atoms with Gasteiger partial charge in [0.05, 0.1) is 12.0 Å². The molecule has 1 aromatic heterocycles. The minimum absolute atomic E-state index is 0.0724. The van der Waals surface area contributed by atoms with Gasteiger partial charge in [-0.15, -0.1) is 0 Å². The maximum Gasteiger partial charge on any atom is 0.342 e. The molecular formula is C25H26O9. The molecule has 0 aromatic carbocycles. The summed E-state index contributed by atoms with van der Waals surface area (Å²) < 4.78 is 28.1. The Morgan fingerprint density at radius 1 is 1.18 bits per heavy atom. The molecule has 0 saturated carbocycles. The van der Waals surface area contributed by atoms with Crippen molar-refractivity contribution in [2.75, 3.05) is 13.7 Å². The molecule has 0 saturated heterocycles. The standard InChI is InChI=1S/C25H26O9/c1-11(26)32-15-8-24(3)14(6-7-16(24)33-12(2)27)18-20(15)25(4)17(10-30-5)34-23(29)13-9-31-22(19(13)25)21(18)28/h7,9,14-15,17H,6,8,10H2,1-5H3/t14-,15+,17+,24-,25-/m0/s1. The summed E-state index contributed by atoms with van der Waals surface area (Å²) in [6.07, 6.45) is 2.25. The predicted octanol–water partition coefficient (Wildman–Crippen LogP) is 3.02. The molecule has 1 aromatic rings. The number of ketones is 1. The van der Waals surface area contributed by atoms with Crippen molar-refractivity contribution in [1.29, 1.82) is 0 Å². The van der Waals surface area contributed by atoms with Gasteiger partial charge < -0.3 is 23.4 Å². The van der Waals surface area contributed by atoms with Gasteiger partial charge in [-0.3, -0.25) is 14.4 Å². The van der Waals surface area contributed by atoms with E-state index in [1.54, 1.807) is 0 Å². The zero-order valence-corrected chi connectivity index (χ0v) is 19.7. The van der Waals surface area contributed by atoms with Crippen LogP contribution in [0.5, 0.6) is 0 Å². The lowest BCUT2D eigenvalue weighted by Gasteiger charge is -2.52. The van der Waals surface area contributed by atoms with E-state index in [0.29, 0.717) is 35.3 Å². The number of methoxy groups -OCH3 is 1. The van der Waals surface area contributed by atoms with Crippen LogP contribution in [0, 0.1) is 11.3 Å². The number of hydrogen-bond acceptors (Lipinski definition) is 9. The number of cyclic esters (lactones) is 1. The Labute approximate surface area is 196 Å². The quantitative estimate of drug-likeness (QED) is 0.483. The first-order chi connectivity index (χ1) is 16.0. The van der Waals surface area contributed by atoms with E-state index in [9.17, 15) is 19.2 Å². The second-order valence-electron chi connectivity index (χ2n) is 9.73. The molecule has 0 fully saturated rings. The van der Waals surface area contributed by atoms with Gasteiger partial charge in [0.2, 0.25) is 5.78 Å². The third kappa shape index (κ3) is 2.82. The fraction of sp³-hybridized carbons (Fsp3) is 0.520. The van der Waals surface area contributed by atoms with Gasteiger partial charge in [0.25, 0.3) is 0 Å². The van der Waals surface area contributed by atoms with Gasteiger partial charge >= 0.3 is 17.9 Å². The van der Waals surface area contributed by atoms with Crippen LogP contribution in [0.15, 0.2) is 33.7 Å². The lowest BCUT2D eigenvalue weighted by atomic mass is 9.54. The Hall–Kier alpha value is -3.20. The lowest BCUT2D eigenvalue weighted by molar-refractivity contribution is -0.149. The van der Waals surface area contributed by atoms with E-state index >= 15 is 0 Å². The first-order valence-electron chi connectivity index (χ1n) is 11.2. The van der Waals surface area contributed by atoms with Crippen molar-refractivity contribution < 1.29 is 42.5 Å². The Morgan fingerprint density at radius 2 is 1.91 bits per heavy atom. The highest BCUT2D eigenvalue weighted by Gasteiger charge is 2.63. The fourth-order valence-electron chi connectivity index (χ4n) is 6.37. The second-order valence-corrected chi connectivity index (χ2v) is 9.73. The molecule has 180 valence electrons. The average molecular weight is 470 g/mol. The normalized spacial score (nSPS) is 33.4. The van der Waals surface area contributed by atoms with Crippen LogP contribution in [-0.4, -0.2) is 49.6 Å². The molecule has 0 spiro atoms. The highest BCUT2D eigenvalue weighted by atomic mass is 16.6. The third-order valence-corrected chi connectivity index (χ3v) is 7.75. The molecule has 0 amide bonds. The number of allylic oxidation sites excluding steroid dienone is 3. The molecule has 1 aliphatic heterocycles. The number of rotatable bonds is 4. The van der Waals surface area contributed by atoms with Crippen molar-refractivity contribution >= 4 is 23.7 Å². The van der Waals surface area contributed by atoms with Crippen molar-refractivity contribution in [3.8, 4) is 0 Å². The molecule has 0 unspecified atom stereocenters. The van der Waals surface area contributed by atoms with Gasteiger partial charge in [0, 0.05) is 49.8 Å². The summed E-state index contributed by atoms with van der Waals surface area (Å²) in [5, 5.41) is 0. The van der Waals surface area contributed by atoms with E-state index in [0.717, 1.165) is 0 Å². The SMILES string of the molecule is COC[C@H]1OC(=O)c2coc3c2[C@@]1(C)C1=C(C3=O)[C@@H]2CC=C(OC(C)=O)[C@@]2(C)C[C@H]1OC(C)=O. The first kappa shape index (κ1) is 22.6. The number of esters is 3. The van der Waals surface area contributed by atoms with Crippen molar-refractivity contribution in [1.82, 2.24) is 0 Å². The van der Waals surface area contributed by atoms with Crippen molar-refractivity contribution in [2.24, 2.45) is 11.3 Å². The average Bonchev–Trinajstić information content (AvgIpc) is 3.32. The van der Waals surface area contributed by atoms with Crippen LogP contribution in [0.1, 0.15) is 67.0 Å². The zero-order valence-electron chi connectivity index (χ0n) is 19.7. The number of fused-ring (bicyclic) bond motifs is 3. The van der Waals surface area contributed by atoms with E-state index in [-0.39, 0.29) is 29.6 Å². The third-order valence-electron chi connectivity index (χ3n) is 7.75. The van der Waals surface area contributed by atoms with Gasteiger partial charge in [-0.2, -0.15) is 0 Å². The van der Waals surface area contributed by atoms with Crippen LogP contribution in [0.3, 0.4) is 0 Å². The lowest BCUT2D eigenvalue weighted by Crippen LogP contribution is -2.57. The van der Waals surface area contributed by atoms with Crippen molar-refractivity contribution in [3.63, 3.8) is 0 Å². The zero-order chi connectivity index (χ0) is 24.6. The number of furan rings is 1. The van der Waals surface area contributed by atoms with Gasteiger partial charge in [0.1, 0.15) is 29.8 Å². The van der Waals surface area contributed by atoms with E-state index in [1.165, 1.54) is 27.2 Å². The first-order valence-corrected chi connectivity index (χ1v) is 11.2. The molecule has 5 atom stereocenters. The summed E-state index contributed by atoms with van der Waals surface area (Å²) in [7, 11) is 1.50. The topological polar surface area (TPSA) is 118 Å². The number of ether oxygens (including phenoxy) is 4. The van der Waals surface area contributed by atoms with Crippen molar-refractivity contribution in [2.45, 2.75) is 58.2 Å². The van der Waals surface area contributed by atoms with E-state index in [4.69, 9.17) is 23.4 Å². The smallest absolute Gasteiger partial charge is 0.342 e. The maximum atomic E-state index is 13.9. The maximum absolute atomic E-state index is 13.9. The predicted molar refractivity (Wildman–Crippen MR) is 115 cm³/mol. The highest BCUT2D eigenvalue weighted by Crippen LogP contribution is 2.62. The Bertz CT molecular complexity index is 1200. The number of Topliss-reactive ketones (excluding diaryl/α,β-unsaturated/α-hetero) is 1. The van der Waals surface area contributed by atoms with Crippen LogP contribution in [0.2, 0.25) is 0 Å². The summed E-state index contributed by atoms with van der Waals surface area (Å²) in [6, 6.07) is 0. The van der Waals surface area contributed by atoms with Crippen LogP contribution >= 0.6 is 0 Å². The molecule has 3 aliphatic carbocycles. The monoisotopic (exact) mass is 470 g/mol. The molecule has 34 heavy (non-hydrogen) atoms. The molecule has 0 N–H and O–H groups in total. The van der Waals surface area contributed by atoms with Crippen molar-refractivity contribution in [3.05, 3.63) is 46.1 Å². The minimum atomic E-state index is -1.02. The summed E-state index contributed by atoms with van der Waals surface area (Å²) in [5.74, 6) is -1.72. The van der Waals surface area contributed by atoms with E-state index in [2.05, 4.69) is 0 Å². The molecule has 4 aliphatic rings. The Kier molecular flexibility index (Phi) is 4.91. The largest absolute Gasteiger partial charge is 0.460 e. The summed E-state index contributed by atoms with van der Waals surface area (Å²) in [5.41, 5.74) is -0.0979. The molecule has 0 radical (unpaired) electrons. The number of carbonyl (C=O) groups excluding carboxylic acids is 4. The Morgan fingerprint density at radius 3 is 2.56 bits per heavy atom. The van der Waals surface area contributed by atoms with E-state index in [1.807, 2.05) is 19.9 Å². The molecule has 9 nitrogen and oxygen atoms in total. The highest BCUT2D eigenvalue weighted by molar-refractivity contribution is 6.13. The molecule has 2 heterocycles.